The van der Waals surface area contributed by atoms with E-state index in [1.807, 2.05) is 18.2 Å². The Labute approximate surface area is 113 Å². The minimum atomic E-state index is 0.451. The van der Waals surface area contributed by atoms with Gasteiger partial charge in [-0.2, -0.15) is 4.98 Å². The Morgan fingerprint density at radius 2 is 2.11 bits per heavy atom. The van der Waals surface area contributed by atoms with Crippen LogP contribution in [-0.2, 0) is 0 Å². The van der Waals surface area contributed by atoms with E-state index in [2.05, 4.69) is 27.2 Å². The minimum Gasteiger partial charge on any atom is -0.383 e. The van der Waals surface area contributed by atoms with Gasteiger partial charge in [0, 0.05) is 18.9 Å². The highest BCUT2D eigenvalue weighted by molar-refractivity contribution is 5.70. The van der Waals surface area contributed by atoms with Gasteiger partial charge in [0.15, 0.2) is 0 Å². The molecule has 0 radical (unpaired) electrons. The summed E-state index contributed by atoms with van der Waals surface area (Å²) in [5.74, 6) is 1.03. The molecule has 0 amide bonds. The largest absolute Gasteiger partial charge is 0.383 e. The summed E-state index contributed by atoms with van der Waals surface area (Å²) in [4.78, 5) is 12.8. The second-order valence-corrected chi connectivity index (χ2v) is 4.34. The van der Waals surface area contributed by atoms with Gasteiger partial charge in [0.25, 0.3) is 0 Å². The average molecular weight is 257 g/mol. The van der Waals surface area contributed by atoms with E-state index >= 15 is 0 Å². The van der Waals surface area contributed by atoms with E-state index in [-0.39, 0.29) is 0 Å². The smallest absolute Gasteiger partial charge is 0.224 e. The molecule has 0 saturated heterocycles. The van der Waals surface area contributed by atoms with Crippen LogP contribution in [0.25, 0.3) is 11.3 Å². The van der Waals surface area contributed by atoms with Gasteiger partial charge in [0.05, 0.1) is 11.3 Å². The summed E-state index contributed by atoms with van der Waals surface area (Å²) in [5, 5.41) is 3.18. The first-order chi connectivity index (χ1) is 9.31. The SMILES string of the molecule is CCCCCNc1ncc(-c2ccccn2)c(N)n1. The first kappa shape index (κ1) is 13.3. The van der Waals surface area contributed by atoms with Crippen LogP contribution in [0.3, 0.4) is 0 Å². The summed E-state index contributed by atoms with van der Waals surface area (Å²) in [5.41, 5.74) is 7.51. The molecular formula is C14H19N5. The number of nitrogens with two attached hydrogens (primary N) is 1. The molecule has 0 aliphatic carbocycles. The van der Waals surface area contributed by atoms with Gasteiger partial charge in [-0.25, -0.2) is 4.98 Å². The van der Waals surface area contributed by atoms with Crippen LogP contribution in [0.15, 0.2) is 30.6 Å². The van der Waals surface area contributed by atoms with Gasteiger partial charge in [-0.15, -0.1) is 0 Å². The van der Waals surface area contributed by atoms with Crippen molar-refractivity contribution in [3.63, 3.8) is 0 Å². The van der Waals surface area contributed by atoms with Crippen molar-refractivity contribution in [2.45, 2.75) is 26.2 Å². The molecule has 100 valence electrons. The minimum absolute atomic E-state index is 0.451. The summed E-state index contributed by atoms with van der Waals surface area (Å²) in [6, 6.07) is 5.67. The number of nitrogen functional groups attached to an aromatic ring is 1. The third-order valence-electron chi connectivity index (χ3n) is 2.82. The molecule has 0 aromatic carbocycles. The first-order valence-electron chi connectivity index (χ1n) is 6.59. The van der Waals surface area contributed by atoms with Crippen LogP contribution < -0.4 is 11.1 Å². The molecule has 0 aliphatic rings. The van der Waals surface area contributed by atoms with E-state index in [1.54, 1.807) is 12.4 Å². The fourth-order valence-electron chi connectivity index (χ4n) is 1.77. The summed E-state index contributed by atoms with van der Waals surface area (Å²) in [6.45, 7) is 3.05. The van der Waals surface area contributed by atoms with Crippen molar-refractivity contribution in [2.75, 3.05) is 17.6 Å². The van der Waals surface area contributed by atoms with Gasteiger partial charge in [-0.3, -0.25) is 4.98 Å². The van der Waals surface area contributed by atoms with Gasteiger partial charge in [0.2, 0.25) is 5.95 Å². The highest BCUT2D eigenvalue weighted by Gasteiger charge is 2.06. The molecular weight excluding hydrogens is 238 g/mol. The van der Waals surface area contributed by atoms with Gasteiger partial charge >= 0.3 is 0 Å². The highest BCUT2D eigenvalue weighted by atomic mass is 15.1. The Morgan fingerprint density at radius 1 is 1.21 bits per heavy atom. The molecule has 0 bridgehead atoms. The number of anilines is 2. The van der Waals surface area contributed by atoms with Crippen molar-refractivity contribution >= 4 is 11.8 Å². The molecule has 0 atom stereocenters. The van der Waals surface area contributed by atoms with Crippen molar-refractivity contribution in [3.05, 3.63) is 30.6 Å². The number of unbranched alkanes of at least 4 members (excludes halogenated alkanes) is 2. The number of pyridine rings is 1. The molecule has 2 aromatic heterocycles. The zero-order valence-corrected chi connectivity index (χ0v) is 11.1. The van der Waals surface area contributed by atoms with Crippen molar-refractivity contribution in [1.82, 2.24) is 15.0 Å². The second-order valence-electron chi connectivity index (χ2n) is 4.34. The topological polar surface area (TPSA) is 76.7 Å². The molecule has 0 aliphatic heterocycles. The van der Waals surface area contributed by atoms with Crippen LogP contribution in [0, 0.1) is 0 Å². The maximum Gasteiger partial charge on any atom is 0.224 e. The second kappa shape index (κ2) is 6.68. The van der Waals surface area contributed by atoms with E-state index in [0.717, 1.165) is 24.2 Å². The standard InChI is InChI=1S/C14H19N5/c1-2-3-5-9-17-14-18-10-11(13(15)19-14)12-7-4-6-8-16-12/h4,6-8,10H,2-3,5,9H2,1H3,(H3,15,17,18,19). The lowest BCUT2D eigenvalue weighted by Gasteiger charge is -2.07. The summed E-state index contributed by atoms with van der Waals surface area (Å²) in [6.07, 6.45) is 6.96. The number of hydrogen-bond acceptors (Lipinski definition) is 5. The normalized spacial score (nSPS) is 10.4. The molecule has 2 aromatic rings. The summed E-state index contributed by atoms with van der Waals surface area (Å²) in [7, 11) is 0. The van der Waals surface area contributed by atoms with Crippen LogP contribution in [0.5, 0.6) is 0 Å². The lowest BCUT2D eigenvalue weighted by atomic mass is 10.2. The lowest BCUT2D eigenvalue weighted by molar-refractivity contribution is 0.740. The van der Waals surface area contributed by atoms with Crippen molar-refractivity contribution < 1.29 is 0 Å². The van der Waals surface area contributed by atoms with Crippen LogP contribution >= 0.6 is 0 Å². The van der Waals surface area contributed by atoms with Crippen molar-refractivity contribution in [2.24, 2.45) is 0 Å². The van der Waals surface area contributed by atoms with E-state index in [0.29, 0.717) is 11.8 Å². The van der Waals surface area contributed by atoms with Gasteiger partial charge in [-0.1, -0.05) is 25.8 Å². The zero-order chi connectivity index (χ0) is 13.5. The van der Waals surface area contributed by atoms with Gasteiger partial charge in [0.1, 0.15) is 5.82 Å². The molecule has 0 fully saturated rings. The molecule has 5 heteroatoms. The van der Waals surface area contributed by atoms with Crippen LogP contribution in [-0.4, -0.2) is 21.5 Å². The number of aromatic nitrogens is 3. The van der Waals surface area contributed by atoms with Crippen molar-refractivity contribution in [1.29, 1.82) is 0 Å². The van der Waals surface area contributed by atoms with Crippen LogP contribution in [0.4, 0.5) is 11.8 Å². The summed E-state index contributed by atoms with van der Waals surface area (Å²) < 4.78 is 0. The molecule has 0 spiro atoms. The van der Waals surface area contributed by atoms with E-state index in [1.165, 1.54) is 12.8 Å². The van der Waals surface area contributed by atoms with E-state index in [4.69, 9.17) is 5.73 Å². The Hall–Kier alpha value is -2.17. The fourth-order valence-corrected chi connectivity index (χ4v) is 1.77. The average Bonchev–Trinajstić information content (AvgIpc) is 2.45. The molecule has 2 rings (SSSR count). The fraction of sp³-hybridized carbons (Fsp3) is 0.357. The highest BCUT2D eigenvalue weighted by Crippen LogP contribution is 2.21. The first-order valence-corrected chi connectivity index (χ1v) is 6.59. The molecule has 5 nitrogen and oxygen atoms in total. The number of rotatable bonds is 6. The van der Waals surface area contributed by atoms with Crippen LogP contribution in [0.2, 0.25) is 0 Å². The monoisotopic (exact) mass is 257 g/mol. The zero-order valence-electron chi connectivity index (χ0n) is 11.1. The molecule has 0 unspecified atom stereocenters. The molecule has 0 saturated carbocycles. The van der Waals surface area contributed by atoms with E-state index < -0.39 is 0 Å². The Bertz CT molecular complexity index is 512. The Kier molecular flexibility index (Phi) is 4.66. The van der Waals surface area contributed by atoms with Crippen molar-refractivity contribution in [3.8, 4) is 11.3 Å². The Morgan fingerprint density at radius 3 is 2.79 bits per heavy atom. The van der Waals surface area contributed by atoms with Gasteiger partial charge < -0.3 is 11.1 Å². The quantitative estimate of drug-likeness (QED) is 0.778. The number of nitrogens with zero attached hydrogens (tertiary/aromatic N) is 3. The maximum absolute atomic E-state index is 5.95. The maximum atomic E-state index is 5.95. The van der Waals surface area contributed by atoms with Crippen LogP contribution in [0.1, 0.15) is 26.2 Å². The Balaban J connectivity index is 2.05. The lowest BCUT2D eigenvalue weighted by Crippen LogP contribution is -2.07. The molecule has 3 N–H and O–H groups in total. The number of nitrogens with one attached hydrogen (secondary N) is 1. The molecule has 19 heavy (non-hydrogen) atoms. The third-order valence-corrected chi connectivity index (χ3v) is 2.82. The summed E-state index contributed by atoms with van der Waals surface area (Å²) >= 11 is 0. The predicted molar refractivity (Wildman–Crippen MR) is 77.7 cm³/mol. The third kappa shape index (κ3) is 3.64. The predicted octanol–water partition coefficient (Wildman–Crippen LogP) is 2.72. The number of hydrogen-bond donors (Lipinski definition) is 2. The van der Waals surface area contributed by atoms with E-state index in [9.17, 15) is 0 Å². The van der Waals surface area contributed by atoms with Gasteiger partial charge in [-0.05, 0) is 18.6 Å². The molecule has 2 heterocycles.